The van der Waals surface area contributed by atoms with E-state index >= 15 is 0 Å². The van der Waals surface area contributed by atoms with Crippen molar-refractivity contribution < 1.29 is 14.3 Å². The molecule has 1 amide bonds. The third-order valence-electron chi connectivity index (χ3n) is 3.81. The largest absolute Gasteiger partial charge is 0.455 e. The van der Waals surface area contributed by atoms with E-state index in [1.165, 1.54) is 11.8 Å². The number of aryl methyl sites for hydroxylation is 2. The first-order valence-corrected chi connectivity index (χ1v) is 9.63. The third-order valence-corrected chi connectivity index (χ3v) is 5.15. The van der Waals surface area contributed by atoms with Gasteiger partial charge in [0.1, 0.15) is 5.25 Å². The summed E-state index contributed by atoms with van der Waals surface area (Å²) in [6.45, 7) is 5.41. The van der Waals surface area contributed by atoms with Crippen LogP contribution in [0.5, 0.6) is 0 Å². The van der Waals surface area contributed by atoms with Crippen molar-refractivity contribution in [3.05, 3.63) is 58.6 Å². The number of amides is 1. The predicted octanol–water partition coefficient (Wildman–Crippen LogP) is 4.87. The van der Waals surface area contributed by atoms with Gasteiger partial charge in [0.15, 0.2) is 6.61 Å². The molecular formula is C20H22ClNO3S. The monoisotopic (exact) mass is 391 g/mol. The Morgan fingerprint density at radius 2 is 1.88 bits per heavy atom. The number of para-hydroxylation sites is 1. The highest BCUT2D eigenvalue weighted by Crippen LogP contribution is 2.25. The fraction of sp³-hybridized carbons (Fsp3) is 0.300. The van der Waals surface area contributed by atoms with Crippen LogP contribution in [0.1, 0.15) is 25.0 Å². The molecule has 1 atom stereocenters. The lowest BCUT2D eigenvalue weighted by Crippen LogP contribution is -2.25. The number of carbonyl (C=O) groups is 2. The Labute approximate surface area is 163 Å². The molecule has 0 radical (unpaired) electrons. The number of rotatable bonds is 7. The maximum absolute atomic E-state index is 12.1. The summed E-state index contributed by atoms with van der Waals surface area (Å²) < 4.78 is 5.15. The van der Waals surface area contributed by atoms with Crippen LogP contribution < -0.4 is 5.32 Å². The van der Waals surface area contributed by atoms with Crippen LogP contribution in [0.2, 0.25) is 5.02 Å². The second-order valence-corrected chi connectivity index (χ2v) is 7.68. The Hall–Kier alpha value is -1.98. The Morgan fingerprint density at radius 1 is 1.19 bits per heavy atom. The molecule has 6 heteroatoms. The molecule has 2 aromatic rings. The van der Waals surface area contributed by atoms with Gasteiger partial charge >= 0.3 is 5.97 Å². The number of ether oxygens (including phenoxy) is 1. The first-order valence-electron chi connectivity index (χ1n) is 8.38. The highest BCUT2D eigenvalue weighted by molar-refractivity contribution is 8.00. The molecule has 26 heavy (non-hydrogen) atoms. The number of thioether (sulfide) groups is 1. The molecule has 2 rings (SSSR count). The van der Waals surface area contributed by atoms with E-state index < -0.39 is 11.2 Å². The van der Waals surface area contributed by atoms with Crippen molar-refractivity contribution in [2.24, 2.45) is 0 Å². The number of carbonyl (C=O) groups excluding carboxylic acids is 2. The molecule has 0 aliphatic rings. The van der Waals surface area contributed by atoms with Crippen molar-refractivity contribution in [2.75, 3.05) is 11.9 Å². The van der Waals surface area contributed by atoms with Gasteiger partial charge in [-0.15, -0.1) is 11.8 Å². The summed E-state index contributed by atoms with van der Waals surface area (Å²) in [7, 11) is 0. The van der Waals surface area contributed by atoms with Gasteiger partial charge < -0.3 is 10.1 Å². The van der Waals surface area contributed by atoms with E-state index in [1.54, 1.807) is 19.1 Å². The molecule has 0 aliphatic heterocycles. The van der Waals surface area contributed by atoms with E-state index in [4.69, 9.17) is 16.3 Å². The van der Waals surface area contributed by atoms with E-state index in [0.717, 1.165) is 28.1 Å². The number of nitrogens with one attached hydrogen (secondary N) is 1. The molecular weight excluding hydrogens is 370 g/mol. The Morgan fingerprint density at radius 3 is 2.54 bits per heavy atom. The third kappa shape index (κ3) is 5.78. The zero-order valence-corrected chi connectivity index (χ0v) is 16.6. The van der Waals surface area contributed by atoms with Crippen molar-refractivity contribution in [3.63, 3.8) is 0 Å². The maximum atomic E-state index is 12.1. The summed E-state index contributed by atoms with van der Waals surface area (Å²) in [6.07, 6.45) is 0.811. The van der Waals surface area contributed by atoms with Gasteiger partial charge in [-0.2, -0.15) is 0 Å². The Kier molecular flexibility index (Phi) is 7.54. The first-order chi connectivity index (χ1) is 12.4. The molecule has 1 N–H and O–H groups in total. The fourth-order valence-corrected chi connectivity index (χ4v) is 3.39. The molecule has 0 fully saturated rings. The summed E-state index contributed by atoms with van der Waals surface area (Å²) in [5.41, 5.74) is 2.83. The smallest absolute Gasteiger partial charge is 0.319 e. The average molecular weight is 392 g/mol. The topological polar surface area (TPSA) is 55.4 Å². The first kappa shape index (κ1) is 20.3. The van der Waals surface area contributed by atoms with Crippen LogP contribution in [-0.4, -0.2) is 23.7 Å². The number of halogens is 1. The van der Waals surface area contributed by atoms with Gasteiger partial charge in [0, 0.05) is 15.6 Å². The zero-order valence-electron chi connectivity index (χ0n) is 15.0. The average Bonchev–Trinajstić information content (AvgIpc) is 2.63. The Balaban J connectivity index is 1.86. The number of hydrogen-bond donors (Lipinski definition) is 1. The molecule has 2 aromatic carbocycles. The van der Waals surface area contributed by atoms with Gasteiger partial charge in [-0.1, -0.05) is 36.7 Å². The standard InChI is InChI=1S/C20H22ClNO3S/c1-4-15-7-5-6-13(2)19(15)22-18(23)12-25-20(24)14(3)26-17-10-8-16(21)9-11-17/h5-11,14H,4,12H2,1-3H3,(H,22,23)/t14-/m0/s1. The lowest BCUT2D eigenvalue weighted by Gasteiger charge is -2.14. The number of esters is 1. The SMILES string of the molecule is CCc1cccc(C)c1NC(=O)COC(=O)[C@H](C)Sc1ccc(Cl)cc1. The molecule has 0 aliphatic carbocycles. The van der Waals surface area contributed by atoms with Gasteiger partial charge in [0.05, 0.1) is 0 Å². The molecule has 0 unspecified atom stereocenters. The molecule has 0 saturated carbocycles. The number of hydrogen-bond acceptors (Lipinski definition) is 4. The molecule has 4 nitrogen and oxygen atoms in total. The van der Waals surface area contributed by atoms with Crippen LogP contribution in [-0.2, 0) is 20.7 Å². The lowest BCUT2D eigenvalue weighted by molar-refractivity contribution is -0.146. The van der Waals surface area contributed by atoms with Crippen LogP contribution >= 0.6 is 23.4 Å². The van der Waals surface area contributed by atoms with Crippen LogP contribution in [0.25, 0.3) is 0 Å². The number of benzene rings is 2. The molecule has 0 bridgehead atoms. The summed E-state index contributed by atoms with van der Waals surface area (Å²) in [5, 5.41) is 3.06. The van der Waals surface area contributed by atoms with Crippen molar-refractivity contribution >= 4 is 40.9 Å². The van der Waals surface area contributed by atoms with E-state index in [9.17, 15) is 9.59 Å². The second kappa shape index (κ2) is 9.64. The fourth-order valence-electron chi connectivity index (χ4n) is 2.40. The second-order valence-electron chi connectivity index (χ2n) is 5.83. The summed E-state index contributed by atoms with van der Waals surface area (Å²) in [5.74, 6) is -0.772. The minimum atomic E-state index is -0.430. The van der Waals surface area contributed by atoms with Crippen LogP contribution in [0.15, 0.2) is 47.4 Å². The normalized spacial score (nSPS) is 11.7. The van der Waals surface area contributed by atoms with Crippen molar-refractivity contribution in [2.45, 2.75) is 37.3 Å². The van der Waals surface area contributed by atoms with Gasteiger partial charge in [-0.3, -0.25) is 9.59 Å². The zero-order chi connectivity index (χ0) is 19.1. The van der Waals surface area contributed by atoms with Crippen LogP contribution in [0.3, 0.4) is 0 Å². The summed E-state index contributed by atoms with van der Waals surface area (Å²) in [4.78, 5) is 25.2. The molecule has 138 valence electrons. The predicted molar refractivity (Wildman–Crippen MR) is 107 cm³/mol. The van der Waals surface area contributed by atoms with E-state index in [0.29, 0.717) is 5.02 Å². The summed E-state index contributed by atoms with van der Waals surface area (Å²) >= 11 is 7.21. The lowest BCUT2D eigenvalue weighted by atomic mass is 10.1. The van der Waals surface area contributed by atoms with E-state index in [1.807, 2.05) is 44.2 Å². The molecule has 0 heterocycles. The van der Waals surface area contributed by atoms with Gasteiger partial charge in [-0.25, -0.2) is 0 Å². The van der Waals surface area contributed by atoms with Gasteiger partial charge in [0.2, 0.25) is 0 Å². The van der Waals surface area contributed by atoms with Crippen LogP contribution in [0.4, 0.5) is 5.69 Å². The minimum Gasteiger partial charge on any atom is -0.455 e. The Bertz CT molecular complexity index is 777. The van der Waals surface area contributed by atoms with Crippen molar-refractivity contribution in [1.29, 1.82) is 0 Å². The van der Waals surface area contributed by atoms with Crippen molar-refractivity contribution in [3.8, 4) is 0 Å². The summed E-state index contributed by atoms with van der Waals surface area (Å²) in [6, 6.07) is 13.1. The molecule has 0 spiro atoms. The number of anilines is 1. The molecule has 0 aromatic heterocycles. The maximum Gasteiger partial charge on any atom is 0.319 e. The van der Waals surface area contributed by atoms with Crippen LogP contribution in [0, 0.1) is 6.92 Å². The van der Waals surface area contributed by atoms with Crippen molar-refractivity contribution in [1.82, 2.24) is 0 Å². The highest BCUT2D eigenvalue weighted by Gasteiger charge is 2.18. The quantitative estimate of drug-likeness (QED) is 0.540. The van der Waals surface area contributed by atoms with E-state index in [-0.39, 0.29) is 12.5 Å². The highest BCUT2D eigenvalue weighted by atomic mass is 35.5. The minimum absolute atomic E-state index is 0.304. The van der Waals surface area contributed by atoms with Gasteiger partial charge in [-0.05, 0) is 55.7 Å². The van der Waals surface area contributed by atoms with Gasteiger partial charge in [0.25, 0.3) is 5.91 Å². The molecule has 0 saturated heterocycles. The van der Waals surface area contributed by atoms with E-state index in [2.05, 4.69) is 5.32 Å².